The number of nitrogens with zero attached hydrogens (tertiary/aromatic N) is 7. The summed E-state index contributed by atoms with van der Waals surface area (Å²) in [5.41, 5.74) is 4.81. The molecule has 1 saturated heterocycles. The fourth-order valence-corrected chi connectivity index (χ4v) is 7.73. The summed E-state index contributed by atoms with van der Waals surface area (Å²) in [7, 11) is 3.97. The molecule has 13 heteroatoms. The summed E-state index contributed by atoms with van der Waals surface area (Å²) in [6.45, 7) is 11.8. The monoisotopic (exact) mass is 749 g/mol. The van der Waals surface area contributed by atoms with Gasteiger partial charge >= 0.3 is 6.03 Å². The van der Waals surface area contributed by atoms with Crippen LogP contribution in [0, 0.1) is 0 Å². The molecule has 0 unspecified atom stereocenters. The van der Waals surface area contributed by atoms with Gasteiger partial charge in [-0.1, -0.05) is 51.1 Å². The molecule has 1 fully saturated rings. The van der Waals surface area contributed by atoms with Gasteiger partial charge in [-0.25, -0.2) is 9.48 Å². The lowest BCUT2D eigenvalue weighted by Gasteiger charge is -2.39. The highest BCUT2D eigenvalue weighted by atomic mass is 16.5. The minimum absolute atomic E-state index is 0.151. The number of aliphatic hydroxyl groups is 1. The third-order valence-corrected chi connectivity index (χ3v) is 10.8. The first kappa shape index (κ1) is 38.1. The van der Waals surface area contributed by atoms with Gasteiger partial charge in [-0.3, -0.25) is 9.72 Å². The van der Waals surface area contributed by atoms with Gasteiger partial charge in [0.25, 0.3) is 0 Å². The van der Waals surface area contributed by atoms with E-state index in [0.29, 0.717) is 47.9 Å². The number of ether oxygens (including phenoxy) is 2. The molecule has 13 nitrogen and oxygen atoms in total. The highest BCUT2D eigenvalue weighted by molar-refractivity contribution is 5.89. The summed E-state index contributed by atoms with van der Waals surface area (Å²) < 4.78 is 16.5. The van der Waals surface area contributed by atoms with E-state index in [1.165, 1.54) is 6.42 Å². The molecule has 55 heavy (non-hydrogen) atoms. The van der Waals surface area contributed by atoms with Crippen LogP contribution in [0.4, 0.5) is 16.6 Å². The zero-order valence-corrected chi connectivity index (χ0v) is 33.1. The summed E-state index contributed by atoms with van der Waals surface area (Å²) in [6, 6.07) is 19.8. The summed E-state index contributed by atoms with van der Waals surface area (Å²) in [5.74, 6) is 2.71. The van der Waals surface area contributed by atoms with Crippen LogP contribution in [0.2, 0.25) is 0 Å². The van der Waals surface area contributed by atoms with E-state index in [1.807, 2.05) is 78.1 Å². The number of aliphatic hydroxyl groups excluding tert-OH is 1. The highest BCUT2D eigenvalue weighted by Gasteiger charge is 2.32. The van der Waals surface area contributed by atoms with Crippen LogP contribution in [0.1, 0.15) is 101 Å². The lowest BCUT2D eigenvalue weighted by molar-refractivity contribution is 0.171. The molecule has 3 N–H and O–H groups in total. The number of piperidine rings is 1. The predicted octanol–water partition coefficient (Wildman–Crippen LogP) is 7.19. The average Bonchev–Trinajstić information content (AvgIpc) is 3.77. The van der Waals surface area contributed by atoms with Crippen LogP contribution in [-0.2, 0) is 12.0 Å². The van der Waals surface area contributed by atoms with E-state index >= 15 is 0 Å². The van der Waals surface area contributed by atoms with Crippen LogP contribution >= 0.6 is 0 Å². The van der Waals surface area contributed by atoms with E-state index in [4.69, 9.17) is 14.6 Å². The van der Waals surface area contributed by atoms with Crippen molar-refractivity contribution in [1.82, 2.24) is 34.6 Å². The van der Waals surface area contributed by atoms with Crippen LogP contribution in [0.15, 0.2) is 66.9 Å². The Bertz CT molecular complexity index is 2110. The molecular formula is C42H55N9O4. The van der Waals surface area contributed by atoms with Gasteiger partial charge in [0.1, 0.15) is 30.0 Å². The van der Waals surface area contributed by atoms with Crippen molar-refractivity contribution in [1.29, 1.82) is 0 Å². The SMILES string of the molecule is C[C@@H]1CCC[C@H](C)N1c1nnc2ccc(O[C@@H]3CC[C@H](NC(=O)Nc4cc(C(C)(C)C)nn4-c4ccc(CO)c(OCCN(C)C)c4)c4ccccc43)cn12. The van der Waals surface area contributed by atoms with Crippen molar-refractivity contribution >= 4 is 23.4 Å². The number of fused-ring (bicyclic) bond motifs is 2. The highest BCUT2D eigenvalue weighted by Crippen LogP contribution is 2.39. The quantitative estimate of drug-likeness (QED) is 0.128. The van der Waals surface area contributed by atoms with Crippen molar-refractivity contribution in [3.8, 4) is 17.2 Å². The number of pyridine rings is 1. The Morgan fingerprint density at radius 2 is 1.73 bits per heavy atom. The number of hydrogen-bond acceptors (Lipinski definition) is 9. The number of benzene rings is 2. The van der Waals surface area contributed by atoms with Gasteiger partial charge in [0.05, 0.1) is 30.2 Å². The minimum Gasteiger partial charge on any atom is -0.492 e. The van der Waals surface area contributed by atoms with Crippen molar-refractivity contribution < 1.29 is 19.4 Å². The van der Waals surface area contributed by atoms with Crippen LogP contribution in [0.3, 0.4) is 0 Å². The molecular weight excluding hydrogens is 695 g/mol. The van der Waals surface area contributed by atoms with Crippen molar-refractivity contribution in [2.45, 2.75) is 103 Å². The average molecular weight is 750 g/mol. The minimum atomic E-state index is -0.332. The fourth-order valence-electron chi connectivity index (χ4n) is 7.73. The topological polar surface area (TPSA) is 134 Å². The number of carbonyl (C=O) groups is 1. The van der Waals surface area contributed by atoms with Crippen LogP contribution < -0.4 is 25.0 Å². The smallest absolute Gasteiger partial charge is 0.320 e. The van der Waals surface area contributed by atoms with Crippen LogP contribution in [0.5, 0.6) is 11.5 Å². The third-order valence-electron chi connectivity index (χ3n) is 10.8. The molecule has 0 bridgehead atoms. The van der Waals surface area contributed by atoms with Gasteiger partial charge in [-0.2, -0.15) is 5.10 Å². The van der Waals surface area contributed by atoms with Gasteiger partial charge in [0, 0.05) is 41.7 Å². The maximum absolute atomic E-state index is 13.8. The molecule has 292 valence electrons. The zero-order chi connectivity index (χ0) is 38.9. The molecule has 0 radical (unpaired) electrons. The predicted molar refractivity (Wildman–Crippen MR) is 214 cm³/mol. The van der Waals surface area contributed by atoms with Gasteiger partial charge in [0.15, 0.2) is 5.65 Å². The second-order valence-corrected chi connectivity index (χ2v) is 16.3. The first-order chi connectivity index (χ1) is 26.4. The summed E-state index contributed by atoms with van der Waals surface area (Å²) in [5, 5.41) is 30.3. The lowest BCUT2D eigenvalue weighted by Crippen LogP contribution is -2.44. The van der Waals surface area contributed by atoms with Gasteiger partial charge in [-0.05, 0) is 89.4 Å². The number of amides is 2. The molecule has 1 aliphatic carbocycles. The van der Waals surface area contributed by atoms with Crippen molar-refractivity contribution in [2.75, 3.05) is 37.5 Å². The summed E-state index contributed by atoms with van der Waals surface area (Å²) >= 11 is 0. The Morgan fingerprint density at radius 3 is 2.45 bits per heavy atom. The molecule has 5 aromatic rings. The fraction of sp³-hybridized carbons (Fsp3) is 0.476. The number of urea groups is 1. The Balaban J connectivity index is 1.09. The molecule has 0 spiro atoms. The molecule has 2 aromatic carbocycles. The molecule has 1 aliphatic heterocycles. The molecule has 3 aromatic heterocycles. The number of hydrogen-bond donors (Lipinski definition) is 3. The maximum Gasteiger partial charge on any atom is 0.320 e. The molecule has 2 aliphatic rings. The summed E-state index contributed by atoms with van der Waals surface area (Å²) in [4.78, 5) is 18.2. The number of anilines is 2. The Hall–Kier alpha value is -5.14. The number of aromatic nitrogens is 5. The molecule has 7 rings (SSSR count). The Kier molecular flexibility index (Phi) is 11.0. The zero-order valence-electron chi connectivity index (χ0n) is 33.1. The number of nitrogens with one attached hydrogen (secondary N) is 2. The van der Waals surface area contributed by atoms with Gasteiger partial charge < -0.3 is 29.7 Å². The van der Waals surface area contributed by atoms with E-state index in [2.05, 4.69) is 72.5 Å². The lowest BCUT2D eigenvalue weighted by atomic mass is 9.85. The van der Waals surface area contributed by atoms with Crippen molar-refractivity contribution in [3.63, 3.8) is 0 Å². The number of carbonyl (C=O) groups excluding carboxylic acids is 1. The first-order valence-electron chi connectivity index (χ1n) is 19.5. The van der Waals surface area contributed by atoms with E-state index in [0.717, 1.165) is 60.0 Å². The normalized spacial score (nSPS) is 20.1. The van der Waals surface area contributed by atoms with Gasteiger partial charge in [0.2, 0.25) is 5.95 Å². The van der Waals surface area contributed by atoms with E-state index < -0.39 is 0 Å². The van der Waals surface area contributed by atoms with Gasteiger partial charge in [-0.15, -0.1) is 10.2 Å². The first-order valence-corrected chi connectivity index (χ1v) is 19.5. The standard InChI is InChI=1S/C42H55N9O4/c1-27-11-10-12-28(2)50(27)41-46-45-38-20-17-31(25-49(38)41)55-35-19-18-34(32-13-8-9-14-33(32)35)43-40(53)44-39-24-37(42(3,4)5)47-51(39)30-16-15-29(26-52)36(23-30)54-22-21-48(6)7/h8-9,13-17,20,23-25,27-28,34-35,52H,10-12,18-19,21-22,26H2,1-7H3,(H2,43,44,53)/t27-,28+,34-,35+/m0/s1. The summed E-state index contributed by atoms with van der Waals surface area (Å²) in [6.07, 6.45) is 6.72. The Labute approximate surface area is 323 Å². The molecule has 4 atom stereocenters. The van der Waals surface area contributed by atoms with Crippen molar-refractivity contribution in [2.24, 2.45) is 0 Å². The van der Waals surface area contributed by atoms with Crippen LogP contribution in [-0.4, -0.2) is 79.7 Å². The second kappa shape index (κ2) is 15.9. The maximum atomic E-state index is 13.8. The number of rotatable bonds is 11. The van der Waals surface area contributed by atoms with E-state index in [1.54, 1.807) is 4.68 Å². The molecule has 2 amide bonds. The number of likely N-dealkylation sites (N-methyl/N-ethyl adjacent to an activating group) is 1. The van der Waals surface area contributed by atoms with Crippen LogP contribution in [0.25, 0.3) is 11.3 Å². The Morgan fingerprint density at radius 1 is 0.964 bits per heavy atom. The van der Waals surface area contributed by atoms with E-state index in [9.17, 15) is 9.90 Å². The largest absolute Gasteiger partial charge is 0.492 e. The molecule has 4 heterocycles. The molecule has 0 saturated carbocycles. The van der Waals surface area contributed by atoms with E-state index in [-0.39, 0.29) is 30.2 Å². The third kappa shape index (κ3) is 8.28. The van der Waals surface area contributed by atoms with Crippen molar-refractivity contribution in [3.05, 3.63) is 89.2 Å². The second-order valence-electron chi connectivity index (χ2n) is 16.3.